The zero-order valence-corrected chi connectivity index (χ0v) is 10.2. The Morgan fingerprint density at radius 3 is 2.53 bits per heavy atom. The van der Waals surface area contributed by atoms with Gasteiger partial charge in [0.05, 0.1) is 17.8 Å². The molecule has 106 valence electrons. The Morgan fingerprint density at radius 2 is 2.00 bits per heavy atom. The van der Waals surface area contributed by atoms with Gasteiger partial charge in [0, 0.05) is 0 Å². The average molecular weight is 278 g/mol. The molecule has 1 heterocycles. The van der Waals surface area contributed by atoms with Gasteiger partial charge in [-0.15, -0.1) is 0 Å². The van der Waals surface area contributed by atoms with Crippen LogP contribution in [0.4, 0.5) is 17.6 Å². The van der Waals surface area contributed by atoms with E-state index < -0.39 is 29.8 Å². The lowest BCUT2D eigenvalue weighted by atomic mass is 9.99. The van der Waals surface area contributed by atoms with Gasteiger partial charge in [-0.3, -0.25) is 0 Å². The van der Waals surface area contributed by atoms with Crippen LogP contribution in [0.2, 0.25) is 0 Å². The Kier molecular flexibility index (Phi) is 3.82. The molecular weight excluding hydrogens is 264 g/mol. The van der Waals surface area contributed by atoms with Gasteiger partial charge in [0.15, 0.2) is 0 Å². The molecule has 1 aliphatic rings. The quantitative estimate of drug-likeness (QED) is 0.840. The number of hydrogen-bond acceptors (Lipinski definition) is 2. The fourth-order valence-electron chi connectivity index (χ4n) is 2.22. The summed E-state index contributed by atoms with van der Waals surface area (Å²) in [5.74, 6) is -1.34. The molecule has 1 aliphatic heterocycles. The number of aliphatic hydroxyl groups is 1. The van der Waals surface area contributed by atoms with Gasteiger partial charge in [-0.05, 0) is 37.5 Å². The second kappa shape index (κ2) is 5.09. The van der Waals surface area contributed by atoms with Gasteiger partial charge in [-0.25, -0.2) is 4.39 Å². The van der Waals surface area contributed by atoms with Crippen molar-refractivity contribution >= 4 is 0 Å². The molecule has 19 heavy (non-hydrogen) atoms. The van der Waals surface area contributed by atoms with Crippen LogP contribution in [0, 0.1) is 5.82 Å². The van der Waals surface area contributed by atoms with Crippen LogP contribution in [-0.4, -0.2) is 17.3 Å². The predicted octanol–water partition coefficient (Wildman–Crippen LogP) is 3.45. The van der Waals surface area contributed by atoms with Crippen LogP contribution >= 0.6 is 0 Å². The van der Waals surface area contributed by atoms with Gasteiger partial charge in [0.25, 0.3) is 0 Å². The van der Waals surface area contributed by atoms with E-state index in [9.17, 15) is 22.7 Å². The van der Waals surface area contributed by atoms with E-state index in [1.165, 1.54) is 0 Å². The molecule has 3 atom stereocenters. The minimum atomic E-state index is -4.77. The van der Waals surface area contributed by atoms with Gasteiger partial charge < -0.3 is 9.84 Å². The first-order valence-corrected chi connectivity index (χ1v) is 5.99. The van der Waals surface area contributed by atoms with Crippen molar-refractivity contribution in [1.29, 1.82) is 0 Å². The fraction of sp³-hybridized carbons (Fsp3) is 0.538. The maximum atomic E-state index is 13.1. The second-order valence-corrected chi connectivity index (χ2v) is 4.74. The Hall–Kier alpha value is -1.14. The Balaban J connectivity index is 2.26. The zero-order chi connectivity index (χ0) is 14.2. The summed E-state index contributed by atoms with van der Waals surface area (Å²) in [6.45, 7) is 1.83. The summed E-state index contributed by atoms with van der Waals surface area (Å²) >= 11 is 0. The van der Waals surface area contributed by atoms with Crippen LogP contribution in [0.5, 0.6) is 0 Å². The average Bonchev–Trinajstić information content (AvgIpc) is 2.74. The van der Waals surface area contributed by atoms with Crippen molar-refractivity contribution in [2.45, 2.75) is 44.3 Å². The predicted molar refractivity (Wildman–Crippen MR) is 59.9 cm³/mol. The highest BCUT2D eigenvalue weighted by molar-refractivity contribution is 5.29. The molecule has 0 bridgehead atoms. The molecule has 2 rings (SSSR count). The lowest BCUT2D eigenvalue weighted by Gasteiger charge is -2.20. The summed E-state index contributed by atoms with van der Waals surface area (Å²) in [6.07, 6.45) is -5.20. The molecular formula is C13H14F4O2. The highest BCUT2D eigenvalue weighted by atomic mass is 19.4. The monoisotopic (exact) mass is 278 g/mol. The Morgan fingerprint density at radius 1 is 1.32 bits per heavy atom. The topological polar surface area (TPSA) is 29.5 Å². The normalized spacial score (nSPS) is 25.6. The summed E-state index contributed by atoms with van der Waals surface area (Å²) in [7, 11) is 0. The molecule has 1 fully saturated rings. The summed E-state index contributed by atoms with van der Waals surface area (Å²) in [6, 6.07) is 2.52. The van der Waals surface area contributed by atoms with Crippen molar-refractivity contribution in [3.05, 3.63) is 35.1 Å². The summed E-state index contributed by atoms with van der Waals surface area (Å²) < 4.78 is 56.3. The molecule has 1 aromatic carbocycles. The summed E-state index contributed by atoms with van der Waals surface area (Å²) in [5.41, 5.74) is -1.34. The van der Waals surface area contributed by atoms with E-state index in [-0.39, 0.29) is 11.7 Å². The van der Waals surface area contributed by atoms with Gasteiger partial charge in [-0.1, -0.05) is 6.07 Å². The fourth-order valence-corrected chi connectivity index (χ4v) is 2.22. The second-order valence-electron chi connectivity index (χ2n) is 4.74. The van der Waals surface area contributed by atoms with Crippen LogP contribution in [0.1, 0.15) is 37.0 Å². The highest BCUT2D eigenvalue weighted by Gasteiger charge is 2.36. The van der Waals surface area contributed by atoms with Crippen molar-refractivity contribution in [1.82, 2.24) is 0 Å². The van der Waals surface area contributed by atoms with Crippen molar-refractivity contribution in [3.63, 3.8) is 0 Å². The largest absolute Gasteiger partial charge is 0.419 e. The van der Waals surface area contributed by atoms with E-state index in [4.69, 9.17) is 4.74 Å². The highest BCUT2D eigenvalue weighted by Crippen LogP contribution is 2.35. The van der Waals surface area contributed by atoms with Gasteiger partial charge in [0.1, 0.15) is 11.9 Å². The summed E-state index contributed by atoms with van der Waals surface area (Å²) in [4.78, 5) is 0. The van der Waals surface area contributed by atoms with Gasteiger partial charge in [0.2, 0.25) is 0 Å². The number of alkyl halides is 3. The molecule has 0 aromatic heterocycles. The third kappa shape index (κ3) is 3.06. The van der Waals surface area contributed by atoms with Crippen LogP contribution in [0.15, 0.2) is 18.2 Å². The SMILES string of the molecule is CC1CCC(C(O)c2ccc(F)c(C(F)(F)F)c2)O1. The number of ether oxygens (including phenoxy) is 1. The van der Waals surface area contributed by atoms with E-state index in [0.717, 1.165) is 18.6 Å². The van der Waals surface area contributed by atoms with E-state index in [1.54, 1.807) is 0 Å². The zero-order valence-electron chi connectivity index (χ0n) is 10.2. The molecule has 6 heteroatoms. The van der Waals surface area contributed by atoms with Crippen molar-refractivity contribution in [2.24, 2.45) is 0 Å². The van der Waals surface area contributed by atoms with E-state index in [2.05, 4.69) is 0 Å². The number of halogens is 4. The number of benzene rings is 1. The minimum absolute atomic E-state index is 0.0211. The van der Waals surface area contributed by atoms with Crippen molar-refractivity contribution in [2.75, 3.05) is 0 Å². The Bertz CT molecular complexity index is 458. The van der Waals surface area contributed by atoms with Crippen molar-refractivity contribution in [3.8, 4) is 0 Å². The molecule has 0 radical (unpaired) electrons. The maximum Gasteiger partial charge on any atom is 0.419 e. The molecule has 2 nitrogen and oxygen atoms in total. The Labute approximate surface area is 108 Å². The van der Waals surface area contributed by atoms with Crippen LogP contribution in [-0.2, 0) is 10.9 Å². The van der Waals surface area contributed by atoms with Gasteiger partial charge in [-0.2, -0.15) is 13.2 Å². The first-order valence-electron chi connectivity index (χ1n) is 5.99. The lowest BCUT2D eigenvalue weighted by molar-refractivity contribution is -0.140. The molecule has 1 N–H and O–H groups in total. The third-order valence-corrected chi connectivity index (χ3v) is 3.25. The standard InChI is InChI=1S/C13H14F4O2/c1-7-2-5-11(19-7)12(18)8-3-4-10(14)9(6-8)13(15,16)17/h3-4,6-7,11-12,18H,2,5H2,1H3. The smallest absolute Gasteiger partial charge is 0.386 e. The van der Waals surface area contributed by atoms with Crippen LogP contribution in [0.25, 0.3) is 0 Å². The number of aliphatic hydroxyl groups excluding tert-OH is 1. The number of rotatable bonds is 2. The lowest BCUT2D eigenvalue weighted by Crippen LogP contribution is -2.19. The molecule has 1 saturated heterocycles. The third-order valence-electron chi connectivity index (χ3n) is 3.25. The van der Waals surface area contributed by atoms with Gasteiger partial charge >= 0.3 is 6.18 Å². The summed E-state index contributed by atoms with van der Waals surface area (Å²) in [5, 5.41) is 10.0. The first kappa shape index (κ1) is 14.3. The maximum absolute atomic E-state index is 13.1. The van der Waals surface area contributed by atoms with Crippen LogP contribution in [0.3, 0.4) is 0 Å². The minimum Gasteiger partial charge on any atom is -0.386 e. The first-order chi connectivity index (χ1) is 8.79. The molecule has 0 amide bonds. The van der Waals surface area contributed by atoms with Crippen molar-refractivity contribution < 1.29 is 27.4 Å². The van der Waals surface area contributed by atoms with E-state index in [1.807, 2.05) is 6.92 Å². The van der Waals surface area contributed by atoms with Crippen LogP contribution < -0.4 is 0 Å². The molecule has 3 unspecified atom stereocenters. The molecule has 1 aromatic rings. The van der Waals surface area contributed by atoms with E-state index >= 15 is 0 Å². The number of hydrogen-bond donors (Lipinski definition) is 1. The molecule has 0 spiro atoms. The molecule has 0 aliphatic carbocycles. The van der Waals surface area contributed by atoms with E-state index in [0.29, 0.717) is 12.5 Å². The molecule has 0 saturated carbocycles.